The van der Waals surface area contributed by atoms with Gasteiger partial charge < -0.3 is 19.3 Å². The summed E-state index contributed by atoms with van der Waals surface area (Å²) >= 11 is 0. The molecule has 0 bridgehead atoms. The Labute approximate surface area is 212 Å². The number of benzene rings is 1. The van der Waals surface area contributed by atoms with Crippen LogP contribution in [0.2, 0.25) is 0 Å². The summed E-state index contributed by atoms with van der Waals surface area (Å²) in [6.45, 7) is 10.5. The first-order valence-corrected chi connectivity index (χ1v) is 12.2. The predicted molar refractivity (Wildman–Crippen MR) is 134 cm³/mol. The van der Waals surface area contributed by atoms with E-state index in [1.54, 1.807) is 6.07 Å². The molecule has 0 spiro atoms. The average Bonchev–Trinajstić information content (AvgIpc) is 2.77. The van der Waals surface area contributed by atoms with Crippen molar-refractivity contribution in [3.63, 3.8) is 0 Å². The third-order valence-electron chi connectivity index (χ3n) is 6.29. The number of rotatable bonds is 11. The van der Waals surface area contributed by atoms with E-state index < -0.39 is 29.8 Å². The van der Waals surface area contributed by atoms with E-state index in [2.05, 4.69) is 13.5 Å². The number of aliphatic carboxylic acids is 1. The number of carbonyl (C=O) groups excluding carboxylic acids is 3. The summed E-state index contributed by atoms with van der Waals surface area (Å²) in [4.78, 5) is 48.9. The van der Waals surface area contributed by atoms with Gasteiger partial charge in [0.05, 0.1) is 13.5 Å². The van der Waals surface area contributed by atoms with Crippen LogP contribution in [-0.4, -0.2) is 36.1 Å². The number of methoxy groups -OCH3 is 1. The van der Waals surface area contributed by atoms with Crippen molar-refractivity contribution in [1.29, 1.82) is 0 Å². The first kappa shape index (κ1) is 28.8. The highest BCUT2D eigenvalue weighted by molar-refractivity contribution is 5.96. The van der Waals surface area contributed by atoms with Crippen molar-refractivity contribution in [2.75, 3.05) is 7.11 Å². The number of carboxylic acid groups (broad SMARTS) is 1. The lowest BCUT2D eigenvalue weighted by Gasteiger charge is -2.33. The van der Waals surface area contributed by atoms with Crippen LogP contribution in [0.25, 0.3) is 0 Å². The number of hydrogen-bond donors (Lipinski definition) is 1. The minimum atomic E-state index is -1.01. The van der Waals surface area contributed by atoms with Gasteiger partial charge in [0.1, 0.15) is 11.3 Å². The van der Waals surface area contributed by atoms with Crippen molar-refractivity contribution in [3.8, 4) is 11.5 Å². The molecule has 0 radical (unpaired) electrons. The molecule has 0 aliphatic heterocycles. The summed E-state index contributed by atoms with van der Waals surface area (Å²) in [5, 5.41) is 9.38. The fourth-order valence-electron chi connectivity index (χ4n) is 4.73. The number of aryl methyl sites for hydroxylation is 1. The first-order chi connectivity index (χ1) is 17.0. The maximum absolute atomic E-state index is 13.0. The number of carboxylic acids is 1. The van der Waals surface area contributed by atoms with Crippen LogP contribution in [-0.2, 0) is 25.5 Å². The molecule has 0 unspecified atom stereocenters. The third kappa shape index (κ3) is 7.29. The zero-order valence-corrected chi connectivity index (χ0v) is 21.8. The zero-order valence-electron chi connectivity index (χ0n) is 21.8. The molecule has 36 heavy (non-hydrogen) atoms. The molecule has 2 atom stereocenters. The summed E-state index contributed by atoms with van der Waals surface area (Å²) in [7, 11) is 1.25. The van der Waals surface area contributed by atoms with Crippen molar-refractivity contribution in [3.05, 3.63) is 46.6 Å². The van der Waals surface area contributed by atoms with Gasteiger partial charge in [0.15, 0.2) is 5.75 Å². The highest BCUT2D eigenvalue weighted by atomic mass is 16.6. The Bertz CT molecular complexity index is 1070. The van der Waals surface area contributed by atoms with E-state index >= 15 is 0 Å². The highest BCUT2D eigenvalue weighted by Crippen LogP contribution is 2.49. The molecule has 1 N–H and O–H groups in total. The maximum Gasteiger partial charge on any atom is 0.341 e. The van der Waals surface area contributed by atoms with Crippen molar-refractivity contribution in [1.82, 2.24) is 0 Å². The summed E-state index contributed by atoms with van der Waals surface area (Å²) in [6, 6.07) is 1.64. The van der Waals surface area contributed by atoms with E-state index in [-0.39, 0.29) is 29.4 Å². The van der Waals surface area contributed by atoms with Gasteiger partial charge in [-0.05, 0) is 50.2 Å². The molecule has 1 aromatic rings. The van der Waals surface area contributed by atoms with E-state index in [4.69, 9.17) is 14.2 Å². The Balaban J connectivity index is 2.92. The lowest BCUT2D eigenvalue weighted by atomic mass is 9.72. The smallest absolute Gasteiger partial charge is 0.341 e. The summed E-state index contributed by atoms with van der Waals surface area (Å²) in [5.41, 5.74) is 2.51. The summed E-state index contributed by atoms with van der Waals surface area (Å²) in [5.74, 6) is -3.65. The number of hydrogen-bond acceptors (Lipinski definition) is 7. The summed E-state index contributed by atoms with van der Waals surface area (Å²) in [6.07, 6.45) is 6.14. The van der Waals surface area contributed by atoms with Crippen LogP contribution < -0.4 is 9.47 Å². The monoisotopic (exact) mass is 500 g/mol. The molecule has 0 amide bonds. The number of ether oxygens (including phenoxy) is 3. The van der Waals surface area contributed by atoms with Crippen LogP contribution in [0.1, 0.15) is 93.6 Å². The molecule has 0 saturated carbocycles. The van der Waals surface area contributed by atoms with Gasteiger partial charge in [0.2, 0.25) is 0 Å². The SMILES string of the molecule is C=C(CC(=O)O)[C@H]1CCC(C)=C[C@H]1c1c(OC(C)=O)cc(CCCCC)c(C(=O)OC)c1OC(C)=O. The number of esters is 3. The molecule has 196 valence electrons. The molecular weight excluding hydrogens is 464 g/mol. The minimum Gasteiger partial charge on any atom is -0.481 e. The molecule has 1 aromatic carbocycles. The summed E-state index contributed by atoms with van der Waals surface area (Å²) < 4.78 is 16.4. The number of allylic oxidation sites excluding steroid dienone is 2. The third-order valence-corrected chi connectivity index (χ3v) is 6.29. The lowest BCUT2D eigenvalue weighted by molar-refractivity contribution is -0.136. The molecule has 0 heterocycles. The van der Waals surface area contributed by atoms with E-state index in [1.807, 2.05) is 13.0 Å². The van der Waals surface area contributed by atoms with Gasteiger partial charge in [-0.1, -0.05) is 43.6 Å². The van der Waals surface area contributed by atoms with Gasteiger partial charge in [0.25, 0.3) is 0 Å². The van der Waals surface area contributed by atoms with Crippen LogP contribution in [0.5, 0.6) is 11.5 Å². The normalized spacial score (nSPS) is 17.1. The largest absolute Gasteiger partial charge is 0.481 e. The first-order valence-electron chi connectivity index (χ1n) is 12.2. The van der Waals surface area contributed by atoms with E-state index in [0.29, 0.717) is 29.5 Å². The van der Waals surface area contributed by atoms with Crippen molar-refractivity contribution < 1.29 is 38.5 Å². The second kappa shape index (κ2) is 13.0. The van der Waals surface area contributed by atoms with Crippen LogP contribution >= 0.6 is 0 Å². The van der Waals surface area contributed by atoms with Crippen LogP contribution in [0.4, 0.5) is 0 Å². The molecule has 0 aromatic heterocycles. The maximum atomic E-state index is 13.0. The van der Waals surface area contributed by atoms with Crippen LogP contribution in [0.15, 0.2) is 29.9 Å². The molecule has 8 heteroatoms. The second-order valence-electron chi connectivity index (χ2n) is 9.20. The minimum absolute atomic E-state index is 0.0244. The molecule has 2 rings (SSSR count). The van der Waals surface area contributed by atoms with Crippen molar-refractivity contribution >= 4 is 23.9 Å². The topological polar surface area (TPSA) is 116 Å². The van der Waals surface area contributed by atoms with Crippen molar-refractivity contribution in [2.24, 2.45) is 5.92 Å². The van der Waals surface area contributed by atoms with Gasteiger partial charge in [-0.3, -0.25) is 14.4 Å². The second-order valence-corrected chi connectivity index (χ2v) is 9.20. The fourth-order valence-corrected chi connectivity index (χ4v) is 4.73. The average molecular weight is 501 g/mol. The Morgan fingerprint density at radius 3 is 2.33 bits per heavy atom. The molecule has 8 nitrogen and oxygen atoms in total. The Hall–Kier alpha value is -3.42. The molecule has 1 aliphatic rings. The fraction of sp³-hybridized carbons (Fsp3) is 0.500. The lowest BCUT2D eigenvalue weighted by Crippen LogP contribution is -2.23. The number of unbranched alkanes of at least 4 members (excludes halogenated alkanes) is 2. The molecule has 0 fully saturated rings. The van der Waals surface area contributed by atoms with Gasteiger partial charge in [-0.15, -0.1) is 0 Å². The molecule has 0 saturated heterocycles. The molecular formula is C28H36O8. The van der Waals surface area contributed by atoms with E-state index in [9.17, 15) is 24.3 Å². The Morgan fingerprint density at radius 2 is 1.78 bits per heavy atom. The quantitative estimate of drug-likeness (QED) is 0.183. The van der Waals surface area contributed by atoms with E-state index in [0.717, 1.165) is 31.3 Å². The van der Waals surface area contributed by atoms with E-state index in [1.165, 1.54) is 21.0 Å². The van der Waals surface area contributed by atoms with Crippen LogP contribution in [0, 0.1) is 5.92 Å². The Kier molecular flexibility index (Phi) is 10.4. The zero-order chi connectivity index (χ0) is 27.0. The van der Waals surface area contributed by atoms with Gasteiger partial charge in [-0.2, -0.15) is 0 Å². The van der Waals surface area contributed by atoms with Crippen LogP contribution in [0.3, 0.4) is 0 Å². The van der Waals surface area contributed by atoms with Crippen molar-refractivity contribution in [2.45, 2.75) is 78.6 Å². The molecule has 1 aliphatic carbocycles. The predicted octanol–water partition coefficient (Wildman–Crippen LogP) is 5.53. The standard InChI is InChI=1S/C28H36O8/c1-7-8-9-10-20-15-23(35-18(4)29)26(27(36-19(5)30)25(20)28(33)34-6)22-13-16(2)11-12-21(22)17(3)14-24(31)32/h13,15,21-22H,3,7-12,14H2,1-2,4-6H3,(H,31,32)/t21-,22-/m1/s1. The highest BCUT2D eigenvalue weighted by Gasteiger charge is 2.36. The van der Waals surface area contributed by atoms with Gasteiger partial charge >= 0.3 is 23.9 Å². The number of carbonyl (C=O) groups is 4. The van der Waals surface area contributed by atoms with Gasteiger partial charge in [-0.25, -0.2) is 4.79 Å². The van der Waals surface area contributed by atoms with Gasteiger partial charge in [0, 0.05) is 25.3 Å². The Morgan fingerprint density at radius 1 is 1.11 bits per heavy atom.